The van der Waals surface area contributed by atoms with Crippen LogP contribution in [0.25, 0.3) is 0 Å². The van der Waals surface area contributed by atoms with Crippen molar-refractivity contribution in [2.24, 2.45) is 5.73 Å². The number of amides is 2. The Morgan fingerprint density at radius 1 is 1.00 bits per heavy atom. The SMILES string of the molecule is CCOc1cc(C(Nc2ccc(C(=N)N)cc2)C(=O)NNC(=O)c2ccc(C)nc2)ccc1OC(C)C. The molecule has 0 bridgehead atoms. The molecule has 3 rings (SSSR count). The Kier molecular flexibility index (Phi) is 9.04. The summed E-state index contributed by atoms with van der Waals surface area (Å²) in [6.45, 7) is 7.92. The first-order valence-electron chi connectivity index (χ1n) is 11.8. The number of carbonyl (C=O) groups excluding carboxylic acids is 2. The maximum atomic E-state index is 13.3. The molecule has 194 valence electrons. The minimum atomic E-state index is -0.910. The van der Waals surface area contributed by atoms with Gasteiger partial charge in [0, 0.05) is 23.1 Å². The van der Waals surface area contributed by atoms with Crippen LogP contribution in [0.2, 0.25) is 0 Å². The van der Waals surface area contributed by atoms with E-state index in [1.54, 1.807) is 54.6 Å². The fraction of sp³-hybridized carbons (Fsp3) is 0.259. The van der Waals surface area contributed by atoms with Crippen molar-refractivity contribution in [3.05, 3.63) is 83.2 Å². The van der Waals surface area contributed by atoms with Crippen molar-refractivity contribution in [1.82, 2.24) is 15.8 Å². The summed E-state index contributed by atoms with van der Waals surface area (Å²) in [4.78, 5) is 29.9. The third-order valence-corrected chi connectivity index (χ3v) is 5.21. The first-order valence-corrected chi connectivity index (χ1v) is 11.8. The van der Waals surface area contributed by atoms with Gasteiger partial charge in [-0.25, -0.2) is 0 Å². The summed E-state index contributed by atoms with van der Waals surface area (Å²) in [6, 6.07) is 14.4. The van der Waals surface area contributed by atoms with Gasteiger partial charge in [-0.3, -0.25) is 30.8 Å². The molecule has 0 spiro atoms. The normalized spacial score (nSPS) is 11.4. The van der Waals surface area contributed by atoms with E-state index in [2.05, 4.69) is 21.2 Å². The van der Waals surface area contributed by atoms with Gasteiger partial charge in [-0.05, 0) is 81.8 Å². The highest BCUT2D eigenvalue weighted by Gasteiger charge is 2.23. The Hall–Kier alpha value is -4.60. The van der Waals surface area contributed by atoms with E-state index in [0.717, 1.165) is 5.69 Å². The Bertz CT molecular complexity index is 1240. The van der Waals surface area contributed by atoms with Gasteiger partial charge in [0.1, 0.15) is 11.9 Å². The number of nitrogen functional groups attached to an aromatic ring is 1. The lowest BCUT2D eigenvalue weighted by atomic mass is 10.0. The average Bonchev–Trinajstić information content (AvgIpc) is 2.87. The number of nitrogens with two attached hydrogens (primary N) is 1. The maximum Gasteiger partial charge on any atom is 0.271 e. The molecule has 1 heterocycles. The Morgan fingerprint density at radius 2 is 1.70 bits per heavy atom. The number of nitrogens with one attached hydrogen (secondary N) is 4. The van der Waals surface area contributed by atoms with E-state index in [1.165, 1.54) is 6.20 Å². The molecule has 0 fully saturated rings. The third kappa shape index (κ3) is 7.44. The maximum absolute atomic E-state index is 13.3. The van der Waals surface area contributed by atoms with Crippen LogP contribution in [0, 0.1) is 12.3 Å². The minimum Gasteiger partial charge on any atom is -0.490 e. The van der Waals surface area contributed by atoms with Crippen LogP contribution in [0.5, 0.6) is 11.5 Å². The summed E-state index contributed by atoms with van der Waals surface area (Å²) in [5, 5.41) is 10.8. The lowest BCUT2D eigenvalue weighted by molar-refractivity contribution is -0.122. The van der Waals surface area contributed by atoms with E-state index in [0.29, 0.717) is 40.5 Å². The van der Waals surface area contributed by atoms with Gasteiger partial charge in [0.15, 0.2) is 11.5 Å². The van der Waals surface area contributed by atoms with Crippen molar-refractivity contribution in [2.45, 2.75) is 39.8 Å². The lowest BCUT2D eigenvalue weighted by Gasteiger charge is -2.22. The number of rotatable bonds is 10. The van der Waals surface area contributed by atoms with Crippen LogP contribution < -0.4 is 31.4 Å². The van der Waals surface area contributed by atoms with Gasteiger partial charge in [0.05, 0.1) is 18.3 Å². The van der Waals surface area contributed by atoms with E-state index in [4.69, 9.17) is 20.6 Å². The summed E-state index contributed by atoms with van der Waals surface area (Å²) in [6.07, 6.45) is 1.37. The summed E-state index contributed by atoms with van der Waals surface area (Å²) < 4.78 is 11.6. The molecule has 3 aromatic rings. The number of aryl methyl sites for hydroxylation is 1. The number of hydrogen-bond acceptors (Lipinski definition) is 7. The van der Waals surface area contributed by atoms with Crippen molar-refractivity contribution in [3.63, 3.8) is 0 Å². The molecule has 1 aromatic heterocycles. The number of amidine groups is 1. The van der Waals surface area contributed by atoms with E-state index in [1.807, 2.05) is 27.7 Å². The van der Waals surface area contributed by atoms with Crippen LogP contribution >= 0.6 is 0 Å². The number of benzene rings is 2. The monoisotopic (exact) mass is 504 g/mol. The van der Waals surface area contributed by atoms with Gasteiger partial charge in [0.25, 0.3) is 11.8 Å². The first-order chi connectivity index (χ1) is 17.7. The molecule has 37 heavy (non-hydrogen) atoms. The second-order valence-electron chi connectivity index (χ2n) is 8.51. The Balaban J connectivity index is 1.88. The van der Waals surface area contributed by atoms with Crippen LogP contribution in [0.15, 0.2) is 60.8 Å². The molecular formula is C27H32N6O4. The quantitative estimate of drug-likeness (QED) is 0.161. The molecule has 1 atom stereocenters. The number of anilines is 1. The molecule has 6 N–H and O–H groups in total. The number of hydrazine groups is 1. The fourth-order valence-corrected chi connectivity index (χ4v) is 3.40. The molecule has 10 nitrogen and oxygen atoms in total. The predicted octanol–water partition coefficient (Wildman–Crippen LogP) is 3.47. The number of aromatic nitrogens is 1. The van der Waals surface area contributed by atoms with Crippen LogP contribution in [-0.4, -0.2) is 35.3 Å². The molecule has 1 unspecified atom stereocenters. The smallest absolute Gasteiger partial charge is 0.271 e. The number of pyridine rings is 1. The molecule has 0 radical (unpaired) electrons. The van der Waals surface area contributed by atoms with Gasteiger partial charge in [-0.1, -0.05) is 6.07 Å². The molecule has 0 aliphatic carbocycles. The minimum absolute atomic E-state index is 0.0590. The van der Waals surface area contributed by atoms with Crippen LogP contribution in [-0.2, 0) is 4.79 Å². The van der Waals surface area contributed by atoms with Gasteiger partial charge >= 0.3 is 0 Å². The highest BCUT2D eigenvalue weighted by molar-refractivity contribution is 5.96. The molecule has 0 aliphatic heterocycles. The van der Waals surface area contributed by atoms with Gasteiger partial charge in [-0.15, -0.1) is 0 Å². The Labute approximate surface area is 216 Å². The van der Waals surface area contributed by atoms with Gasteiger partial charge < -0.3 is 20.5 Å². The van der Waals surface area contributed by atoms with Crippen LogP contribution in [0.1, 0.15) is 54.0 Å². The van der Waals surface area contributed by atoms with E-state index >= 15 is 0 Å². The number of hydrogen-bond donors (Lipinski definition) is 5. The summed E-state index contributed by atoms with van der Waals surface area (Å²) in [5.41, 5.74) is 13.3. The summed E-state index contributed by atoms with van der Waals surface area (Å²) in [7, 11) is 0. The number of ether oxygens (including phenoxy) is 2. The first kappa shape index (κ1) is 27.0. The Morgan fingerprint density at radius 3 is 2.30 bits per heavy atom. The summed E-state index contributed by atoms with van der Waals surface area (Å²) >= 11 is 0. The van der Waals surface area contributed by atoms with Crippen molar-refractivity contribution in [2.75, 3.05) is 11.9 Å². The van der Waals surface area contributed by atoms with Gasteiger partial charge in [0.2, 0.25) is 0 Å². The van der Waals surface area contributed by atoms with Crippen LogP contribution in [0.3, 0.4) is 0 Å². The van der Waals surface area contributed by atoms with Crippen molar-refractivity contribution in [1.29, 1.82) is 5.41 Å². The standard InChI is InChI=1S/C27H32N6O4/c1-5-36-23-14-19(10-13-22(23)37-16(2)3)24(31-21-11-8-18(9-12-21)25(28)29)27(35)33-32-26(34)20-7-6-17(4)30-15-20/h6-16,24,31H,5H2,1-4H3,(H3,28,29)(H,32,34)(H,33,35). The highest BCUT2D eigenvalue weighted by atomic mass is 16.5. The number of nitrogens with zero attached hydrogens (tertiary/aromatic N) is 1. The van der Waals surface area contributed by atoms with Gasteiger partial charge in [-0.2, -0.15) is 0 Å². The fourth-order valence-electron chi connectivity index (χ4n) is 3.40. The van der Waals surface area contributed by atoms with Crippen LogP contribution in [0.4, 0.5) is 5.69 Å². The third-order valence-electron chi connectivity index (χ3n) is 5.21. The zero-order chi connectivity index (χ0) is 26.9. The molecule has 2 aromatic carbocycles. The molecule has 10 heteroatoms. The van der Waals surface area contributed by atoms with Crippen molar-refractivity contribution < 1.29 is 19.1 Å². The molecular weight excluding hydrogens is 472 g/mol. The molecule has 0 saturated heterocycles. The van der Waals surface area contributed by atoms with E-state index < -0.39 is 17.9 Å². The topological polar surface area (TPSA) is 151 Å². The van der Waals surface area contributed by atoms with Crippen molar-refractivity contribution in [3.8, 4) is 11.5 Å². The summed E-state index contributed by atoms with van der Waals surface area (Å²) in [5.74, 6) is -0.0119. The second kappa shape index (κ2) is 12.4. The molecule has 2 amide bonds. The molecule has 0 saturated carbocycles. The second-order valence-corrected chi connectivity index (χ2v) is 8.51. The zero-order valence-corrected chi connectivity index (χ0v) is 21.3. The highest BCUT2D eigenvalue weighted by Crippen LogP contribution is 2.32. The lowest BCUT2D eigenvalue weighted by Crippen LogP contribution is -2.45. The van der Waals surface area contributed by atoms with Crippen molar-refractivity contribution >= 4 is 23.3 Å². The molecule has 0 aliphatic rings. The largest absolute Gasteiger partial charge is 0.490 e. The predicted molar refractivity (Wildman–Crippen MR) is 142 cm³/mol. The van der Waals surface area contributed by atoms with E-state index in [-0.39, 0.29) is 11.9 Å². The van der Waals surface area contributed by atoms with E-state index in [9.17, 15) is 9.59 Å². The number of carbonyl (C=O) groups is 2. The average molecular weight is 505 g/mol. The zero-order valence-electron chi connectivity index (χ0n) is 21.3.